The summed E-state index contributed by atoms with van der Waals surface area (Å²) in [7, 11) is -3.86. The van der Waals surface area contributed by atoms with Gasteiger partial charge in [-0.25, -0.2) is 18.4 Å². The van der Waals surface area contributed by atoms with Crippen molar-refractivity contribution in [3.63, 3.8) is 0 Å². The van der Waals surface area contributed by atoms with Crippen molar-refractivity contribution >= 4 is 38.4 Å². The van der Waals surface area contributed by atoms with Crippen molar-refractivity contribution in [1.29, 1.82) is 0 Å². The molecule has 4 aromatic rings. The SMILES string of the molecule is CCOc1ccc(Nc2nc3ccccc3nc2NS(=O)(=O)c2ccc(C)c(C)c2)cc1. The average Bonchev–Trinajstić information content (AvgIpc) is 2.77. The molecule has 0 unspecified atom stereocenters. The molecule has 0 aliphatic carbocycles. The number of nitrogens with one attached hydrogen (secondary N) is 2. The summed E-state index contributed by atoms with van der Waals surface area (Å²) in [6, 6.07) is 19.7. The summed E-state index contributed by atoms with van der Waals surface area (Å²) in [5.41, 5.74) is 3.87. The van der Waals surface area contributed by atoms with Crippen LogP contribution in [0.3, 0.4) is 0 Å². The summed E-state index contributed by atoms with van der Waals surface area (Å²) < 4.78 is 34.3. The van der Waals surface area contributed by atoms with E-state index in [4.69, 9.17) is 4.74 Å². The molecule has 0 radical (unpaired) electrons. The third-order valence-corrected chi connectivity index (χ3v) is 6.35. The largest absolute Gasteiger partial charge is 0.494 e. The monoisotopic (exact) mass is 448 g/mol. The quantitative estimate of drug-likeness (QED) is 0.404. The fourth-order valence-electron chi connectivity index (χ4n) is 3.16. The number of hydrogen-bond acceptors (Lipinski definition) is 6. The van der Waals surface area contributed by atoms with E-state index >= 15 is 0 Å². The van der Waals surface area contributed by atoms with Crippen molar-refractivity contribution in [2.45, 2.75) is 25.7 Å². The van der Waals surface area contributed by atoms with Crippen LogP contribution in [0.15, 0.2) is 71.6 Å². The highest BCUT2D eigenvalue weighted by Gasteiger charge is 2.19. The molecule has 32 heavy (non-hydrogen) atoms. The Morgan fingerprint density at radius 3 is 2.12 bits per heavy atom. The number of anilines is 3. The van der Waals surface area contributed by atoms with Crippen molar-refractivity contribution in [3.05, 3.63) is 77.9 Å². The van der Waals surface area contributed by atoms with Crippen LogP contribution in [-0.2, 0) is 10.0 Å². The molecule has 0 atom stereocenters. The van der Waals surface area contributed by atoms with E-state index < -0.39 is 10.0 Å². The molecule has 3 aromatic carbocycles. The first kappa shape index (κ1) is 21.6. The number of nitrogens with zero attached hydrogens (tertiary/aromatic N) is 2. The molecule has 7 nitrogen and oxygen atoms in total. The molecular weight excluding hydrogens is 424 g/mol. The lowest BCUT2D eigenvalue weighted by molar-refractivity contribution is 0.340. The lowest BCUT2D eigenvalue weighted by Crippen LogP contribution is -2.16. The fraction of sp³-hybridized carbons (Fsp3) is 0.167. The average molecular weight is 449 g/mol. The molecule has 0 amide bonds. The highest BCUT2D eigenvalue weighted by molar-refractivity contribution is 7.92. The molecule has 0 spiro atoms. The second-order valence-electron chi connectivity index (χ2n) is 7.34. The first-order valence-corrected chi connectivity index (χ1v) is 11.7. The molecule has 0 saturated heterocycles. The van der Waals surface area contributed by atoms with Gasteiger partial charge in [-0.2, -0.15) is 0 Å². The minimum atomic E-state index is -3.86. The summed E-state index contributed by atoms with van der Waals surface area (Å²) in [5.74, 6) is 1.18. The molecule has 0 fully saturated rings. The number of sulfonamides is 1. The van der Waals surface area contributed by atoms with E-state index in [-0.39, 0.29) is 10.7 Å². The summed E-state index contributed by atoms with van der Waals surface area (Å²) in [6.45, 7) is 6.31. The van der Waals surface area contributed by atoms with Gasteiger partial charge in [0.2, 0.25) is 0 Å². The molecule has 4 rings (SSSR count). The van der Waals surface area contributed by atoms with Crippen LogP contribution in [0.25, 0.3) is 11.0 Å². The fourth-order valence-corrected chi connectivity index (χ4v) is 4.26. The number of hydrogen-bond donors (Lipinski definition) is 2. The van der Waals surface area contributed by atoms with Crippen molar-refractivity contribution in [1.82, 2.24) is 9.97 Å². The normalized spacial score (nSPS) is 11.3. The van der Waals surface area contributed by atoms with Gasteiger partial charge in [0, 0.05) is 5.69 Å². The number of fused-ring (bicyclic) bond motifs is 1. The van der Waals surface area contributed by atoms with E-state index in [1.807, 2.05) is 63.2 Å². The van der Waals surface area contributed by atoms with Gasteiger partial charge in [-0.15, -0.1) is 0 Å². The van der Waals surface area contributed by atoms with E-state index in [2.05, 4.69) is 20.0 Å². The zero-order valence-corrected chi connectivity index (χ0v) is 18.9. The maximum Gasteiger partial charge on any atom is 0.263 e. The summed E-state index contributed by atoms with van der Waals surface area (Å²) in [5, 5.41) is 3.17. The molecule has 0 saturated carbocycles. The standard InChI is InChI=1S/C24H24N4O3S/c1-4-31-19-12-10-18(11-13-19)25-23-24(27-22-8-6-5-7-21(22)26-23)28-32(29,30)20-14-9-16(2)17(3)15-20/h5-15H,4H2,1-3H3,(H,25,26)(H,27,28). The number of para-hydroxylation sites is 2. The summed E-state index contributed by atoms with van der Waals surface area (Å²) in [4.78, 5) is 9.30. The number of rotatable bonds is 7. The van der Waals surface area contributed by atoms with Gasteiger partial charge < -0.3 is 10.1 Å². The smallest absolute Gasteiger partial charge is 0.263 e. The first-order chi connectivity index (χ1) is 15.4. The second-order valence-corrected chi connectivity index (χ2v) is 9.03. The van der Waals surface area contributed by atoms with Crippen molar-refractivity contribution in [2.24, 2.45) is 0 Å². The molecule has 0 aliphatic heterocycles. The minimum Gasteiger partial charge on any atom is -0.494 e. The Hall–Kier alpha value is -3.65. The van der Waals surface area contributed by atoms with Crippen LogP contribution in [0.5, 0.6) is 5.75 Å². The van der Waals surface area contributed by atoms with Gasteiger partial charge in [0.15, 0.2) is 11.6 Å². The first-order valence-electron chi connectivity index (χ1n) is 10.2. The third-order valence-electron chi connectivity index (χ3n) is 5.02. The molecule has 1 heterocycles. The summed E-state index contributed by atoms with van der Waals surface area (Å²) in [6.07, 6.45) is 0. The minimum absolute atomic E-state index is 0.121. The molecule has 0 aliphatic rings. The molecule has 1 aromatic heterocycles. The molecule has 8 heteroatoms. The highest BCUT2D eigenvalue weighted by atomic mass is 32.2. The van der Waals surface area contributed by atoms with Gasteiger partial charge in [-0.05, 0) is 80.4 Å². The lowest BCUT2D eigenvalue weighted by atomic mass is 10.1. The lowest BCUT2D eigenvalue weighted by Gasteiger charge is -2.14. The maximum absolute atomic E-state index is 13.1. The Morgan fingerprint density at radius 2 is 1.50 bits per heavy atom. The highest BCUT2D eigenvalue weighted by Crippen LogP contribution is 2.28. The maximum atomic E-state index is 13.1. The van der Waals surface area contributed by atoms with Gasteiger partial charge in [-0.1, -0.05) is 18.2 Å². The van der Waals surface area contributed by atoms with Crippen molar-refractivity contribution < 1.29 is 13.2 Å². The van der Waals surface area contributed by atoms with Crippen LogP contribution >= 0.6 is 0 Å². The van der Waals surface area contributed by atoms with Gasteiger partial charge >= 0.3 is 0 Å². The van der Waals surface area contributed by atoms with Gasteiger partial charge in [0.25, 0.3) is 10.0 Å². The second kappa shape index (κ2) is 8.84. The van der Waals surface area contributed by atoms with E-state index in [1.54, 1.807) is 24.3 Å². The van der Waals surface area contributed by atoms with Crippen molar-refractivity contribution in [2.75, 3.05) is 16.6 Å². The van der Waals surface area contributed by atoms with Crippen LogP contribution < -0.4 is 14.8 Å². The molecular formula is C24H24N4O3S. The van der Waals surface area contributed by atoms with Crippen LogP contribution in [0.2, 0.25) is 0 Å². The number of benzene rings is 3. The third kappa shape index (κ3) is 4.65. The van der Waals surface area contributed by atoms with Crippen LogP contribution in [0.1, 0.15) is 18.1 Å². The predicted molar refractivity (Wildman–Crippen MR) is 127 cm³/mol. The Balaban J connectivity index is 1.73. The summed E-state index contributed by atoms with van der Waals surface area (Å²) >= 11 is 0. The zero-order chi connectivity index (χ0) is 22.7. The topological polar surface area (TPSA) is 93.2 Å². The van der Waals surface area contributed by atoms with Crippen LogP contribution in [0, 0.1) is 13.8 Å². The number of aryl methyl sites for hydroxylation is 2. The van der Waals surface area contributed by atoms with E-state index in [0.29, 0.717) is 23.5 Å². The van der Waals surface area contributed by atoms with Gasteiger partial charge in [-0.3, -0.25) is 4.72 Å². The predicted octanol–water partition coefficient (Wildman–Crippen LogP) is 5.19. The number of aromatic nitrogens is 2. The molecule has 2 N–H and O–H groups in total. The van der Waals surface area contributed by atoms with E-state index in [9.17, 15) is 8.42 Å². The van der Waals surface area contributed by atoms with Gasteiger partial charge in [0.1, 0.15) is 5.75 Å². The Morgan fingerprint density at radius 1 is 0.844 bits per heavy atom. The van der Waals surface area contributed by atoms with Crippen LogP contribution in [0.4, 0.5) is 17.3 Å². The Kier molecular flexibility index (Phi) is 5.96. The zero-order valence-electron chi connectivity index (χ0n) is 18.1. The van der Waals surface area contributed by atoms with Crippen LogP contribution in [-0.4, -0.2) is 25.0 Å². The molecule has 164 valence electrons. The van der Waals surface area contributed by atoms with Gasteiger partial charge in [0.05, 0.1) is 22.5 Å². The van der Waals surface area contributed by atoms with E-state index in [0.717, 1.165) is 22.6 Å². The Labute approximate surface area is 187 Å². The van der Waals surface area contributed by atoms with E-state index in [1.165, 1.54) is 0 Å². The number of ether oxygens (including phenoxy) is 1. The van der Waals surface area contributed by atoms with Crippen molar-refractivity contribution in [3.8, 4) is 5.75 Å². The molecule has 0 bridgehead atoms. The Bertz CT molecular complexity index is 1370.